The molecule has 0 saturated carbocycles. The Kier molecular flexibility index (Phi) is 3.59. The summed E-state index contributed by atoms with van der Waals surface area (Å²) in [7, 11) is 0. The molecule has 1 amide bonds. The Bertz CT molecular complexity index is 695. The number of aromatic nitrogens is 3. The van der Waals surface area contributed by atoms with Crippen molar-refractivity contribution in [3.05, 3.63) is 42.0 Å². The molecule has 0 unspecified atom stereocenters. The molecule has 3 rings (SSSR count). The van der Waals surface area contributed by atoms with Gasteiger partial charge in [0.2, 0.25) is 5.91 Å². The molecular formula is C14H13F3N4O. The molecule has 2 aromatic rings. The number of carbonyl (C=O) groups excluding carboxylic acids is 1. The first-order chi connectivity index (χ1) is 10.4. The minimum absolute atomic E-state index is 0.0286. The summed E-state index contributed by atoms with van der Waals surface area (Å²) in [4.78, 5) is 18.1. The van der Waals surface area contributed by atoms with Crippen LogP contribution in [0.25, 0.3) is 0 Å². The third-order valence-electron chi connectivity index (χ3n) is 3.40. The number of rotatable bonds is 3. The molecule has 1 aliphatic heterocycles. The summed E-state index contributed by atoms with van der Waals surface area (Å²) in [5.41, 5.74) is 1.95. The standard InChI is InChI=1S/C14H13F3N4O/c15-14(16,17)9-20-6-3-10(19-20)8-13(22)21-7-4-11-12(21)2-1-5-18-11/h1-3,5-6H,4,7-9H2. The van der Waals surface area contributed by atoms with Crippen molar-refractivity contribution in [1.82, 2.24) is 14.8 Å². The van der Waals surface area contributed by atoms with Gasteiger partial charge in [-0.2, -0.15) is 18.3 Å². The average molecular weight is 310 g/mol. The first-order valence-electron chi connectivity index (χ1n) is 6.76. The van der Waals surface area contributed by atoms with Gasteiger partial charge < -0.3 is 4.90 Å². The number of hydrogen-bond acceptors (Lipinski definition) is 3. The Morgan fingerprint density at radius 1 is 1.32 bits per heavy atom. The maximum absolute atomic E-state index is 12.3. The molecule has 1 aliphatic rings. The fourth-order valence-electron chi connectivity index (χ4n) is 2.49. The highest BCUT2D eigenvalue weighted by atomic mass is 19.4. The van der Waals surface area contributed by atoms with Gasteiger partial charge in [0.1, 0.15) is 6.54 Å². The molecule has 0 spiro atoms. The van der Waals surface area contributed by atoms with Crippen molar-refractivity contribution in [1.29, 1.82) is 0 Å². The first kappa shape index (κ1) is 14.6. The Hall–Kier alpha value is -2.38. The van der Waals surface area contributed by atoms with E-state index in [1.54, 1.807) is 17.2 Å². The Morgan fingerprint density at radius 3 is 2.91 bits per heavy atom. The van der Waals surface area contributed by atoms with E-state index < -0.39 is 12.7 Å². The Labute approximate surface area is 124 Å². The molecule has 5 nitrogen and oxygen atoms in total. The highest BCUT2D eigenvalue weighted by molar-refractivity contribution is 5.96. The molecule has 0 bridgehead atoms. The van der Waals surface area contributed by atoms with Crippen LogP contribution in [0.5, 0.6) is 0 Å². The summed E-state index contributed by atoms with van der Waals surface area (Å²) in [6.07, 6.45) is -0.766. The fourth-order valence-corrected chi connectivity index (χ4v) is 2.49. The molecule has 2 aromatic heterocycles. The van der Waals surface area contributed by atoms with Crippen LogP contribution < -0.4 is 4.90 Å². The van der Waals surface area contributed by atoms with Gasteiger partial charge in [-0.05, 0) is 18.2 Å². The molecular weight excluding hydrogens is 297 g/mol. The maximum atomic E-state index is 12.3. The summed E-state index contributed by atoms with van der Waals surface area (Å²) >= 11 is 0. The summed E-state index contributed by atoms with van der Waals surface area (Å²) in [6, 6.07) is 5.00. The van der Waals surface area contributed by atoms with E-state index in [-0.39, 0.29) is 12.3 Å². The number of nitrogens with zero attached hydrogens (tertiary/aromatic N) is 4. The molecule has 8 heteroatoms. The number of pyridine rings is 1. The molecule has 0 aromatic carbocycles. The van der Waals surface area contributed by atoms with Gasteiger partial charge in [0.25, 0.3) is 0 Å². The van der Waals surface area contributed by atoms with Gasteiger partial charge in [0.05, 0.1) is 23.5 Å². The molecule has 0 atom stereocenters. The second-order valence-corrected chi connectivity index (χ2v) is 5.06. The lowest BCUT2D eigenvalue weighted by atomic mass is 10.2. The van der Waals surface area contributed by atoms with Gasteiger partial charge in [-0.1, -0.05) is 0 Å². The molecule has 0 N–H and O–H groups in total. The summed E-state index contributed by atoms with van der Waals surface area (Å²) in [6.45, 7) is -0.619. The normalized spacial score (nSPS) is 14.2. The van der Waals surface area contributed by atoms with E-state index in [2.05, 4.69) is 10.1 Å². The van der Waals surface area contributed by atoms with E-state index in [0.717, 1.165) is 16.1 Å². The zero-order valence-corrected chi connectivity index (χ0v) is 11.5. The lowest BCUT2D eigenvalue weighted by Gasteiger charge is -2.16. The van der Waals surface area contributed by atoms with Crippen molar-refractivity contribution in [3.63, 3.8) is 0 Å². The van der Waals surface area contributed by atoms with Crippen LogP contribution >= 0.6 is 0 Å². The van der Waals surface area contributed by atoms with Crippen molar-refractivity contribution < 1.29 is 18.0 Å². The van der Waals surface area contributed by atoms with Gasteiger partial charge in [-0.3, -0.25) is 14.5 Å². The summed E-state index contributed by atoms with van der Waals surface area (Å²) in [5.74, 6) is -0.191. The van der Waals surface area contributed by atoms with Crippen LogP contribution in [0.3, 0.4) is 0 Å². The van der Waals surface area contributed by atoms with Crippen LogP contribution in [-0.4, -0.2) is 33.4 Å². The Morgan fingerprint density at radius 2 is 2.14 bits per heavy atom. The maximum Gasteiger partial charge on any atom is 0.408 e. The molecule has 0 saturated heterocycles. The number of hydrogen-bond donors (Lipinski definition) is 0. The quantitative estimate of drug-likeness (QED) is 0.871. The monoisotopic (exact) mass is 310 g/mol. The molecule has 0 aliphatic carbocycles. The van der Waals surface area contributed by atoms with Gasteiger partial charge in [-0.25, -0.2) is 0 Å². The molecule has 22 heavy (non-hydrogen) atoms. The van der Waals surface area contributed by atoms with Gasteiger partial charge in [-0.15, -0.1) is 0 Å². The van der Waals surface area contributed by atoms with Crippen molar-refractivity contribution in [3.8, 4) is 0 Å². The van der Waals surface area contributed by atoms with Crippen molar-refractivity contribution in [2.75, 3.05) is 11.4 Å². The van der Waals surface area contributed by atoms with Gasteiger partial charge in [0, 0.05) is 25.4 Å². The van der Waals surface area contributed by atoms with Crippen molar-refractivity contribution in [2.45, 2.75) is 25.6 Å². The SMILES string of the molecule is O=C(Cc1ccn(CC(F)(F)F)n1)N1CCc2ncccc21. The number of alkyl halides is 3. The highest BCUT2D eigenvalue weighted by Crippen LogP contribution is 2.26. The Balaban J connectivity index is 1.68. The van der Waals surface area contributed by atoms with Gasteiger partial charge >= 0.3 is 6.18 Å². The fraction of sp³-hybridized carbons (Fsp3) is 0.357. The topological polar surface area (TPSA) is 51.0 Å². The lowest BCUT2D eigenvalue weighted by Crippen LogP contribution is -2.30. The number of fused-ring (bicyclic) bond motifs is 1. The predicted octanol–water partition coefficient (Wildman–Crippen LogP) is 1.97. The van der Waals surface area contributed by atoms with E-state index in [0.29, 0.717) is 18.7 Å². The highest BCUT2D eigenvalue weighted by Gasteiger charge is 2.29. The lowest BCUT2D eigenvalue weighted by molar-refractivity contribution is -0.142. The number of anilines is 1. The van der Waals surface area contributed by atoms with Crippen molar-refractivity contribution >= 4 is 11.6 Å². The molecule has 3 heterocycles. The summed E-state index contributed by atoms with van der Waals surface area (Å²) in [5, 5.41) is 3.80. The van der Waals surface area contributed by atoms with Crippen LogP contribution in [0.15, 0.2) is 30.6 Å². The van der Waals surface area contributed by atoms with Crippen molar-refractivity contribution in [2.24, 2.45) is 0 Å². The smallest absolute Gasteiger partial charge is 0.310 e. The number of amides is 1. The molecule has 116 valence electrons. The van der Waals surface area contributed by atoms with E-state index in [1.807, 2.05) is 6.07 Å². The minimum atomic E-state index is -4.33. The van der Waals surface area contributed by atoms with Crippen LogP contribution in [0, 0.1) is 0 Å². The van der Waals surface area contributed by atoms with E-state index >= 15 is 0 Å². The first-order valence-corrected chi connectivity index (χ1v) is 6.76. The van der Waals surface area contributed by atoms with Crippen LogP contribution in [0.1, 0.15) is 11.4 Å². The zero-order chi connectivity index (χ0) is 15.7. The molecule has 0 radical (unpaired) electrons. The van der Waals surface area contributed by atoms with E-state index in [9.17, 15) is 18.0 Å². The van der Waals surface area contributed by atoms with E-state index in [1.165, 1.54) is 12.3 Å². The van der Waals surface area contributed by atoms with Crippen LogP contribution in [0.4, 0.5) is 18.9 Å². The third-order valence-corrected chi connectivity index (χ3v) is 3.40. The van der Waals surface area contributed by atoms with Gasteiger partial charge in [0.15, 0.2) is 0 Å². The largest absolute Gasteiger partial charge is 0.408 e. The molecule has 0 fully saturated rings. The third kappa shape index (κ3) is 3.10. The van der Waals surface area contributed by atoms with Crippen LogP contribution in [0.2, 0.25) is 0 Å². The average Bonchev–Trinajstić information content (AvgIpc) is 3.03. The minimum Gasteiger partial charge on any atom is -0.310 e. The van der Waals surface area contributed by atoms with Crippen LogP contribution in [-0.2, 0) is 24.2 Å². The van der Waals surface area contributed by atoms with E-state index in [4.69, 9.17) is 0 Å². The predicted molar refractivity (Wildman–Crippen MR) is 72.3 cm³/mol. The zero-order valence-electron chi connectivity index (χ0n) is 11.5. The summed E-state index contributed by atoms with van der Waals surface area (Å²) < 4.78 is 37.6. The second-order valence-electron chi connectivity index (χ2n) is 5.06. The second kappa shape index (κ2) is 5.43. The number of carbonyl (C=O) groups is 1. The number of halogens is 3.